The van der Waals surface area contributed by atoms with Crippen molar-refractivity contribution < 1.29 is 4.79 Å². The number of fused-ring (bicyclic) bond motifs is 2. The van der Waals surface area contributed by atoms with Gasteiger partial charge in [0.1, 0.15) is 0 Å². The molecule has 0 radical (unpaired) electrons. The second-order valence-corrected chi connectivity index (χ2v) is 9.29. The molecular weight excluding hydrogens is 472 g/mol. The van der Waals surface area contributed by atoms with Crippen molar-refractivity contribution in [2.24, 2.45) is 0 Å². The molecule has 0 aliphatic carbocycles. The van der Waals surface area contributed by atoms with E-state index in [1.807, 2.05) is 47.4 Å². The van der Waals surface area contributed by atoms with Gasteiger partial charge in [0.25, 0.3) is 5.91 Å². The molecule has 1 unspecified atom stereocenters. The Morgan fingerprint density at radius 1 is 0.788 bits per heavy atom. The normalized spacial score (nSPS) is 15.2. The van der Waals surface area contributed by atoms with E-state index in [-0.39, 0.29) is 11.9 Å². The summed E-state index contributed by atoms with van der Waals surface area (Å²) in [6, 6.07) is 34.8. The van der Waals surface area contributed by atoms with Crippen molar-refractivity contribution in [2.75, 3.05) is 0 Å². The number of nitrogens with zero attached hydrogens (tertiary/aromatic N) is 1. The van der Waals surface area contributed by atoms with Crippen molar-refractivity contribution >= 4 is 32.7 Å². The number of hydrogen-bond acceptors (Lipinski definition) is 1. The van der Waals surface area contributed by atoms with Crippen molar-refractivity contribution in [3.63, 3.8) is 0 Å². The van der Waals surface area contributed by atoms with Gasteiger partial charge in [0, 0.05) is 33.0 Å². The summed E-state index contributed by atoms with van der Waals surface area (Å²) >= 11 is 3.55. The molecule has 0 spiro atoms. The lowest BCUT2D eigenvalue weighted by Gasteiger charge is -2.27. The van der Waals surface area contributed by atoms with Crippen molar-refractivity contribution in [3.8, 4) is 11.3 Å². The third-order valence-electron chi connectivity index (χ3n) is 6.41. The van der Waals surface area contributed by atoms with Gasteiger partial charge in [-0.1, -0.05) is 94.8 Å². The van der Waals surface area contributed by atoms with Crippen LogP contribution in [0, 0.1) is 0 Å². The van der Waals surface area contributed by atoms with Crippen molar-refractivity contribution in [1.82, 2.24) is 9.88 Å². The lowest BCUT2D eigenvalue weighted by Crippen LogP contribution is -2.28. The minimum absolute atomic E-state index is 0.0755. The maximum absolute atomic E-state index is 13.6. The third kappa shape index (κ3) is 3.38. The van der Waals surface area contributed by atoms with E-state index in [0.717, 1.165) is 48.9 Å². The second kappa shape index (κ2) is 8.05. The molecule has 3 nitrogen and oxygen atoms in total. The maximum Gasteiger partial charge on any atom is 0.255 e. The smallest absolute Gasteiger partial charge is 0.255 e. The molecule has 0 fully saturated rings. The Bertz CT molecular complexity index is 1470. The Morgan fingerprint density at radius 3 is 2.30 bits per heavy atom. The zero-order chi connectivity index (χ0) is 22.4. The van der Waals surface area contributed by atoms with Crippen molar-refractivity contribution in [3.05, 3.63) is 130 Å². The topological polar surface area (TPSA) is 36.1 Å². The largest absolute Gasteiger partial charge is 0.354 e. The standard InChI is InChI=1S/C29H21BrN2O/c30-21-16-14-20(15-17-21)27-26(24-12-6-7-13-25(24)31-27)28-22-10-4-5-11-23(22)29(33)32(28)18-19-8-2-1-3-9-19/h1-17,28,31H,18H2. The van der Waals surface area contributed by atoms with Crippen LogP contribution in [0.3, 0.4) is 0 Å². The van der Waals surface area contributed by atoms with E-state index in [9.17, 15) is 4.79 Å². The molecule has 0 bridgehead atoms. The summed E-state index contributed by atoms with van der Waals surface area (Å²) in [5.41, 5.74) is 7.32. The molecule has 1 aliphatic rings. The first-order chi connectivity index (χ1) is 16.2. The molecule has 160 valence electrons. The molecular formula is C29H21BrN2O. The van der Waals surface area contributed by atoms with Crippen LogP contribution in [0.25, 0.3) is 22.2 Å². The van der Waals surface area contributed by atoms with Crippen LogP contribution in [0.15, 0.2) is 108 Å². The fraction of sp³-hybridized carbons (Fsp3) is 0.0690. The molecule has 0 saturated heterocycles. The fourth-order valence-electron chi connectivity index (χ4n) is 4.92. The first-order valence-corrected chi connectivity index (χ1v) is 11.8. The van der Waals surface area contributed by atoms with Gasteiger partial charge in [0.2, 0.25) is 0 Å². The van der Waals surface area contributed by atoms with Crippen molar-refractivity contribution in [2.45, 2.75) is 12.6 Å². The SMILES string of the molecule is O=C1c2ccccc2C(c2c(-c3ccc(Br)cc3)[nH]c3ccccc23)N1Cc1ccccc1. The Kier molecular flexibility index (Phi) is 4.88. The summed E-state index contributed by atoms with van der Waals surface area (Å²) in [6.45, 7) is 0.554. The number of H-pyrrole nitrogens is 1. The van der Waals surface area contributed by atoms with Crippen LogP contribution in [-0.2, 0) is 6.54 Å². The summed E-state index contributed by atoms with van der Waals surface area (Å²) in [7, 11) is 0. The molecule has 4 aromatic carbocycles. The van der Waals surface area contributed by atoms with Gasteiger partial charge in [-0.2, -0.15) is 0 Å². The average Bonchev–Trinajstić information content (AvgIpc) is 3.36. The highest BCUT2D eigenvalue weighted by Gasteiger charge is 2.40. The number of aromatic amines is 1. The predicted molar refractivity (Wildman–Crippen MR) is 136 cm³/mol. The number of rotatable bonds is 4. The Hall–Kier alpha value is -3.63. The van der Waals surface area contributed by atoms with E-state index in [1.165, 1.54) is 0 Å². The number of hydrogen-bond donors (Lipinski definition) is 1. The summed E-state index contributed by atoms with van der Waals surface area (Å²) in [5, 5.41) is 1.14. The van der Waals surface area contributed by atoms with Crippen LogP contribution in [0.4, 0.5) is 0 Å². The quantitative estimate of drug-likeness (QED) is 0.279. The number of amides is 1. The van der Waals surface area contributed by atoms with Gasteiger partial charge in [-0.25, -0.2) is 0 Å². The van der Waals surface area contributed by atoms with E-state index in [2.05, 4.69) is 81.6 Å². The Balaban J connectivity index is 1.60. The minimum Gasteiger partial charge on any atom is -0.354 e. The van der Waals surface area contributed by atoms with Crippen LogP contribution in [0.1, 0.15) is 33.1 Å². The second-order valence-electron chi connectivity index (χ2n) is 8.37. The highest BCUT2D eigenvalue weighted by Crippen LogP contribution is 2.46. The number of halogens is 1. The molecule has 1 N–H and O–H groups in total. The zero-order valence-corrected chi connectivity index (χ0v) is 19.4. The number of benzene rings is 4. The lowest BCUT2D eigenvalue weighted by atomic mass is 9.93. The molecule has 1 aliphatic heterocycles. The number of carbonyl (C=O) groups is 1. The highest BCUT2D eigenvalue weighted by molar-refractivity contribution is 9.10. The molecule has 0 saturated carbocycles. The molecule has 1 atom stereocenters. The van der Waals surface area contributed by atoms with Gasteiger partial charge in [0.15, 0.2) is 0 Å². The monoisotopic (exact) mass is 492 g/mol. The third-order valence-corrected chi connectivity index (χ3v) is 6.94. The summed E-state index contributed by atoms with van der Waals surface area (Å²) in [5.74, 6) is 0.0755. The van der Waals surface area contributed by atoms with Gasteiger partial charge in [-0.3, -0.25) is 4.79 Å². The number of para-hydroxylation sites is 1. The van der Waals surface area contributed by atoms with Crippen LogP contribution in [0.2, 0.25) is 0 Å². The zero-order valence-electron chi connectivity index (χ0n) is 17.8. The maximum atomic E-state index is 13.6. The number of nitrogens with one attached hydrogen (secondary N) is 1. The fourth-order valence-corrected chi connectivity index (χ4v) is 5.18. The van der Waals surface area contributed by atoms with E-state index >= 15 is 0 Å². The van der Waals surface area contributed by atoms with Crippen molar-refractivity contribution in [1.29, 1.82) is 0 Å². The van der Waals surface area contributed by atoms with Gasteiger partial charge in [-0.15, -0.1) is 0 Å². The molecule has 4 heteroatoms. The van der Waals surface area contributed by atoms with Crippen LogP contribution in [0.5, 0.6) is 0 Å². The van der Waals surface area contributed by atoms with Crippen LogP contribution < -0.4 is 0 Å². The van der Waals surface area contributed by atoms with E-state index in [0.29, 0.717) is 6.54 Å². The molecule has 2 heterocycles. The van der Waals surface area contributed by atoms with Gasteiger partial charge in [-0.05, 0) is 41.0 Å². The molecule has 1 amide bonds. The van der Waals surface area contributed by atoms with E-state index < -0.39 is 0 Å². The average molecular weight is 493 g/mol. The van der Waals surface area contributed by atoms with Gasteiger partial charge >= 0.3 is 0 Å². The number of aromatic nitrogens is 1. The first-order valence-electron chi connectivity index (χ1n) is 11.0. The molecule has 5 aromatic rings. The minimum atomic E-state index is -0.177. The summed E-state index contributed by atoms with van der Waals surface area (Å²) in [4.78, 5) is 19.3. The molecule has 33 heavy (non-hydrogen) atoms. The Morgan fingerprint density at radius 2 is 1.48 bits per heavy atom. The lowest BCUT2D eigenvalue weighted by molar-refractivity contribution is 0.0737. The predicted octanol–water partition coefficient (Wildman–Crippen LogP) is 7.34. The number of carbonyl (C=O) groups excluding carboxylic acids is 1. The van der Waals surface area contributed by atoms with Crippen LogP contribution in [-0.4, -0.2) is 15.8 Å². The summed E-state index contributed by atoms with van der Waals surface area (Å²) < 4.78 is 1.04. The first kappa shape index (κ1) is 20.0. The molecule has 6 rings (SSSR count). The van der Waals surface area contributed by atoms with Crippen LogP contribution >= 0.6 is 15.9 Å². The van der Waals surface area contributed by atoms with E-state index in [4.69, 9.17) is 0 Å². The summed E-state index contributed by atoms with van der Waals surface area (Å²) in [6.07, 6.45) is 0. The molecule has 1 aromatic heterocycles. The van der Waals surface area contributed by atoms with E-state index in [1.54, 1.807) is 0 Å². The van der Waals surface area contributed by atoms with Gasteiger partial charge in [0.05, 0.1) is 11.7 Å². The van der Waals surface area contributed by atoms with Gasteiger partial charge < -0.3 is 9.88 Å². The highest BCUT2D eigenvalue weighted by atomic mass is 79.9. The Labute approximate surface area is 200 Å².